The molecule has 0 radical (unpaired) electrons. The third kappa shape index (κ3) is 3.49. The van der Waals surface area contributed by atoms with Crippen LogP contribution in [0.25, 0.3) is 0 Å². The van der Waals surface area contributed by atoms with Crippen molar-refractivity contribution in [3.63, 3.8) is 0 Å². The SMILES string of the molecule is O=[N+]([O-])c1cc(Cl)ccc1S(=O)(=O)Nc1ccncc1Br. The van der Waals surface area contributed by atoms with E-state index in [0.29, 0.717) is 4.47 Å². The lowest BCUT2D eigenvalue weighted by Crippen LogP contribution is -2.15. The van der Waals surface area contributed by atoms with E-state index in [1.165, 1.54) is 24.5 Å². The molecule has 0 aliphatic carbocycles. The number of anilines is 1. The molecule has 1 N–H and O–H groups in total. The van der Waals surface area contributed by atoms with Crippen molar-refractivity contribution < 1.29 is 13.3 Å². The summed E-state index contributed by atoms with van der Waals surface area (Å²) in [6, 6.07) is 4.75. The van der Waals surface area contributed by atoms with Gasteiger partial charge in [0, 0.05) is 23.5 Å². The third-order valence-electron chi connectivity index (χ3n) is 2.42. The quantitative estimate of drug-likeness (QED) is 0.636. The van der Waals surface area contributed by atoms with Gasteiger partial charge in [-0.25, -0.2) is 8.42 Å². The maximum absolute atomic E-state index is 12.3. The van der Waals surface area contributed by atoms with Crippen LogP contribution in [0.1, 0.15) is 0 Å². The second-order valence-electron chi connectivity index (χ2n) is 3.83. The van der Waals surface area contributed by atoms with Crippen molar-refractivity contribution in [1.29, 1.82) is 0 Å². The lowest BCUT2D eigenvalue weighted by molar-refractivity contribution is -0.387. The number of aromatic nitrogens is 1. The topological polar surface area (TPSA) is 102 Å². The molecule has 110 valence electrons. The summed E-state index contributed by atoms with van der Waals surface area (Å²) in [5.41, 5.74) is -0.380. The number of nitro benzene ring substituents is 1. The van der Waals surface area contributed by atoms with E-state index in [4.69, 9.17) is 11.6 Å². The summed E-state index contributed by atoms with van der Waals surface area (Å²) in [6.07, 6.45) is 2.78. The van der Waals surface area contributed by atoms with Gasteiger partial charge in [-0.05, 0) is 34.1 Å². The Morgan fingerprint density at radius 3 is 2.67 bits per heavy atom. The standard InChI is InChI=1S/C11H7BrClN3O4S/c12-8-6-14-4-3-9(8)15-21(19,20)11-2-1-7(13)5-10(11)16(17)18/h1-6H,(H,14,15). The van der Waals surface area contributed by atoms with E-state index in [0.717, 1.165) is 12.1 Å². The number of rotatable bonds is 4. The van der Waals surface area contributed by atoms with Gasteiger partial charge in [-0.2, -0.15) is 0 Å². The van der Waals surface area contributed by atoms with Crippen LogP contribution in [0.4, 0.5) is 11.4 Å². The molecule has 1 aromatic carbocycles. The van der Waals surface area contributed by atoms with E-state index in [1.54, 1.807) is 0 Å². The van der Waals surface area contributed by atoms with Gasteiger partial charge in [0.15, 0.2) is 4.90 Å². The number of benzene rings is 1. The van der Waals surface area contributed by atoms with Crippen molar-refractivity contribution in [2.24, 2.45) is 0 Å². The van der Waals surface area contributed by atoms with Crippen molar-refractivity contribution in [3.05, 3.63) is 56.3 Å². The molecule has 1 heterocycles. The molecule has 0 amide bonds. The molecule has 0 saturated heterocycles. The molecule has 0 atom stereocenters. The summed E-state index contributed by atoms with van der Waals surface area (Å²) in [4.78, 5) is 13.5. The first kappa shape index (κ1) is 15.7. The summed E-state index contributed by atoms with van der Waals surface area (Å²) < 4.78 is 27.2. The zero-order valence-corrected chi connectivity index (χ0v) is 13.3. The van der Waals surface area contributed by atoms with Gasteiger partial charge in [0.25, 0.3) is 15.7 Å². The average molecular weight is 393 g/mol. The number of nitro groups is 1. The van der Waals surface area contributed by atoms with E-state index in [1.807, 2.05) is 0 Å². The lowest BCUT2D eigenvalue weighted by atomic mass is 10.3. The minimum absolute atomic E-state index is 0.0748. The van der Waals surface area contributed by atoms with Gasteiger partial charge >= 0.3 is 0 Å². The molecule has 0 saturated carbocycles. The highest BCUT2D eigenvalue weighted by Crippen LogP contribution is 2.30. The van der Waals surface area contributed by atoms with Crippen molar-refractivity contribution in [1.82, 2.24) is 4.98 Å². The Morgan fingerprint density at radius 1 is 1.33 bits per heavy atom. The molecule has 0 bridgehead atoms. The molecule has 21 heavy (non-hydrogen) atoms. The number of nitrogens with zero attached hydrogens (tertiary/aromatic N) is 2. The van der Waals surface area contributed by atoms with E-state index in [9.17, 15) is 18.5 Å². The highest BCUT2D eigenvalue weighted by molar-refractivity contribution is 9.10. The van der Waals surface area contributed by atoms with Crippen molar-refractivity contribution >= 4 is 48.9 Å². The van der Waals surface area contributed by atoms with Gasteiger partial charge in [-0.15, -0.1) is 0 Å². The van der Waals surface area contributed by atoms with E-state index < -0.39 is 25.5 Å². The number of hydrogen-bond acceptors (Lipinski definition) is 5. The first-order valence-electron chi connectivity index (χ1n) is 5.37. The summed E-state index contributed by atoms with van der Waals surface area (Å²) in [5, 5.41) is 11.1. The van der Waals surface area contributed by atoms with Crippen LogP contribution in [0.3, 0.4) is 0 Å². The van der Waals surface area contributed by atoms with Crippen molar-refractivity contribution in [3.8, 4) is 0 Å². The van der Waals surface area contributed by atoms with E-state index >= 15 is 0 Å². The maximum Gasteiger partial charge on any atom is 0.291 e. The van der Waals surface area contributed by atoms with Crippen LogP contribution in [0.5, 0.6) is 0 Å². The monoisotopic (exact) mass is 391 g/mol. The normalized spacial score (nSPS) is 11.1. The number of hydrogen-bond donors (Lipinski definition) is 1. The first-order valence-corrected chi connectivity index (χ1v) is 8.03. The predicted octanol–water partition coefficient (Wildman–Crippen LogP) is 3.21. The molecule has 2 aromatic rings. The Bertz CT molecular complexity index is 813. The van der Waals surface area contributed by atoms with Crippen LogP contribution in [0.2, 0.25) is 5.02 Å². The molecule has 7 nitrogen and oxygen atoms in total. The van der Waals surface area contributed by atoms with Crippen LogP contribution in [0, 0.1) is 10.1 Å². The second kappa shape index (κ2) is 5.96. The van der Waals surface area contributed by atoms with Gasteiger partial charge in [0.05, 0.1) is 15.1 Å². The van der Waals surface area contributed by atoms with Crippen LogP contribution >= 0.6 is 27.5 Å². The fourth-order valence-electron chi connectivity index (χ4n) is 1.52. The van der Waals surface area contributed by atoms with Crippen molar-refractivity contribution in [2.45, 2.75) is 4.90 Å². The van der Waals surface area contributed by atoms with Crippen LogP contribution in [-0.4, -0.2) is 18.3 Å². The summed E-state index contributed by atoms with van der Waals surface area (Å²) in [5.74, 6) is 0. The fourth-order valence-corrected chi connectivity index (χ4v) is 3.40. The van der Waals surface area contributed by atoms with E-state index in [2.05, 4.69) is 25.6 Å². The molecule has 1 aromatic heterocycles. The largest absolute Gasteiger partial charge is 0.291 e. The van der Waals surface area contributed by atoms with Crippen molar-refractivity contribution in [2.75, 3.05) is 4.72 Å². The Hall–Kier alpha value is -1.71. The molecule has 2 rings (SSSR count). The highest BCUT2D eigenvalue weighted by Gasteiger charge is 2.26. The molecule has 10 heteroatoms. The van der Waals surface area contributed by atoms with E-state index in [-0.39, 0.29) is 10.7 Å². The Labute approximate surface area is 133 Å². The number of nitrogens with one attached hydrogen (secondary N) is 1. The van der Waals surface area contributed by atoms with Gasteiger partial charge in [-0.1, -0.05) is 11.6 Å². The highest BCUT2D eigenvalue weighted by atomic mass is 79.9. The Balaban J connectivity index is 2.50. The Kier molecular flexibility index (Phi) is 4.45. The molecular weight excluding hydrogens is 386 g/mol. The summed E-state index contributed by atoms with van der Waals surface area (Å²) in [7, 11) is -4.14. The minimum Gasteiger partial charge on any atom is -0.278 e. The zero-order chi connectivity index (χ0) is 15.6. The second-order valence-corrected chi connectivity index (χ2v) is 6.77. The summed E-state index contributed by atoms with van der Waals surface area (Å²) in [6.45, 7) is 0. The number of halogens is 2. The van der Waals surface area contributed by atoms with Gasteiger partial charge in [0.2, 0.25) is 0 Å². The Morgan fingerprint density at radius 2 is 2.05 bits per heavy atom. The first-order chi connectivity index (χ1) is 9.81. The third-order valence-corrected chi connectivity index (χ3v) is 4.70. The predicted molar refractivity (Wildman–Crippen MR) is 80.9 cm³/mol. The summed E-state index contributed by atoms with van der Waals surface area (Å²) >= 11 is 8.80. The minimum atomic E-state index is -4.14. The average Bonchev–Trinajstić information content (AvgIpc) is 2.40. The fraction of sp³-hybridized carbons (Fsp3) is 0. The smallest absolute Gasteiger partial charge is 0.278 e. The van der Waals surface area contributed by atoms with Crippen LogP contribution < -0.4 is 4.72 Å². The molecule has 0 fully saturated rings. The zero-order valence-electron chi connectivity index (χ0n) is 10.2. The maximum atomic E-state index is 12.3. The van der Waals surface area contributed by atoms with Gasteiger partial charge in [-0.3, -0.25) is 19.8 Å². The number of pyridine rings is 1. The van der Waals surface area contributed by atoms with Crippen LogP contribution in [-0.2, 0) is 10.0 Å². The molecular formula is C11H7BrClN3O4S. The molecule has 0 aliphatic rings. The molecule has 0 aliphatic heterocycles. The van der Waals surface area contributed by atoms with Crippen LogP contribution in [0.15, 0.2) is 46.0 Å². The van der Waals surface area contributed by atoms with Gasteiger partial charge in [0.1, 0.15) is 0 Å². The number of sulfonamides is 1. The molecule has 0 spiro atoms. The lowest BCUT2D eigenvalue weighted by Gasteiger charge is -2.09. The molecule has 0 unspecified atom stereocenters. The van der Waals surface area contributed by atoms with Gasteiger partial charge < -0.3 is 0 Å².